The number of rotatable bonds is 2. The summed E-state index contributed by atoms with van der Waals surface area (Å²) in [5, 5.41) is 0. The van der Waals surface area contributed by atoms with E-state index in [9.17, 15) is 0 Å². The van der Waals surface area contributed by atoms with Gasteiger partial charge in [0.05, 0.1) is 0 Å². The molecule has 0 bridgehead atoms. The van der Waals surface area contributed by atoms with Crippen LogP contribution in [0.2, 0.25) is 0 Å². The standard InChI is InChI=1S/C14H14Se/c1-11-8-9-14(12(2)10-11)15-13-6-4-3-5-7-13/h3-10H,1-2H3. The summed E-state index contributed by atoms with van der Waals surface area (Å²) in [6.07, 6.45) is 0. The Morgan fingerprint density at radius 3 is 2.27 bits per heavy atom. The molecule has 0 unspecified atom stereocenters. The third-order valence-electron chi connectivity index (χ3n) is 2.30. The molecule has 0 fully saturated rings. The van der Waals surface area contributed by atoms with Gasteiger partial charge in [0.2, 0.25) is 0 Å². The predicted octanol–water partition coefficient (Wildman–Crippen LogP) is 1.96. The molecule has 2 aromatic carbocycles. The Labute approximate surface area is 97.5 Å². The molecule has 0 atom stereocenters. The van der Waals surface area contributed by atoms with Crippen LogP contribution in [0.25, 0.3) is 0 Å². The van der Waals surface area contributed by atoms with Crippen LogP contribution in [0.1, 0.15) is 11.1 Å². The fourth-order valence-corrected chi connectivity index (χ4v) is 3.42. The fourth-order valence-electron chi connectivity index (χ4n) is 1.53. The van der Waals surface area contributed by atoms with Crippen molar-refractivity contribution in [3.05, 3.63) is 59.7 Å². The quantitative estimate of drug-likeness (QED) is 0.725. The van der Waals surface area contributed by atoms with Gasteiger partial charge in [-0.05, 0) is 0 Å². The van der Waals surface area contributed by atoms with E-state index in [1.807, 2.05) is 0 Å². The first-order valence-corrected chi connectivity index (χ1v) is 6.77. The van der Waals surface area contributed by atoms with Crippen molar-refractivity contribution >= 4 is 23.9 Å². The second-order valence-electron chi connectivity index (χ2n) is 3.68. The zero-order valence-electron chi connectivity index (χ0n) is 9.03. The van der Waals surface area contributed by atoms with Crippen LogP contribution in [-0.4, -0.2) is 15.0 Å². The summed E-state index contributed by atoms with van der Waals surface area (Å²) < 4.78 is 2.93. The molecule has 0 aliphatic carbocycles. The molecular weight excluding hydrogens is 247 g/mol. The van der Waals surface area contributed by atoms with Crippen molar-refractivity contribution in [3.8, 4) is 0 Å². The number of benzene rings is 2. The van der Waals surface area contributed by atoms with E-state index in [4.69, 9.17) is 0 Å². The van der Waals surface area contributed by atoms with E-state index >= 15 is 0 Å². The van der Waals surface area contributed by atoms with E-state index < -0.39 is 0 Å². The molecule has 76 valence electrons. The average Bonchev–Trinajstić information content (AvgIpc) is 2.24. The van der Waals surface area contributed by atoms with Gasteiger partial charge >= 0.3 is 97.4 Å². The zero-order chi connectivity index (χ0) is 10.7. The predicted molar refractivity (Wildman–Crippen MR) is 67.4 cm³/mol. The van der Waals surface area contributed by atoms with E-state index in [0.29, 0.717) is 15.0 Å². The van der Waals surface area contributed by atoms with Crippen LogP contribution in [-0.2, 0) is 0 Å². The maximum absolute atomic E-state index is 2.26. The molecule has 0 N–H and O–H groups in total. The van der Waals surface area contributed by atoms with Gasteiger partial charge in [-0.2, -0.15) is 0 Å². The average molecular weight is 261 g/mol. The Morgan fingerprint density at radius 1 is 0.867 bits per heavy atom. The van der Waals surface area contributed by atoms with Gasteiger partial charge in [0, 0.05) is 0 Å². The molecule has 0 aliphatic rings. The molecular formula is C14H14Se. The fraction of sp³-hybridized carbons (Fsp3) is 0.143. The Hall–Kier alpha value is -1.04. The Morgan fingerprint density at radius 2 is 1.60 bits per heavy atom. The summed E-state index contributed by atoms with van der Waals surface area (Å²) in [7, 11) is 0. The Kier molecular flexibility index (Phi) is 3.25. The normalized spacial score (nSPS) is 10.3. The summed E-state index contributed by atoms with van der Waals surface area (Å²) >= 11 is 0.443. The molecule has 0 saturated carbocycles. The van der Waals surface area contributed by atoms with Crippen LogP contribution in [0.3, 0.4) is 0 Å². The van der Waals surface area contributed by atoms with E-state index in [0.717, 1.165) is 0 Å². The second kappa shape index (κ2) is 4.65. The SMILES string of the molecule is Cc1ccc([Se]c2ccccc2)c(C)c1. The van der Waals surface area contributed by atoms with Crippen molar-refractivity contribution in [3.63, 3.8) is 0 Å². The van der Waals surface area contributed by atoms with Gasteiger partial charge in [0.15, 0.2) is 0 Å². The molecule has 15 heavy (non-hydrogen) atoms. The summed E-state index contributed by atoms with van der Waals surface area (Å²) in [4.78, 5) is 0. The molecule has 0 amide bonds. The van der Waals surface area contributed by atoms with Crippen LogP contribution in [0, 0.1) is 13.8 Å². The monoisotopic (exact) mass is 262 g/mol. The molecule has 0 spiro atoms. The molecule has 1 heteroatoms. The zero-order valence-corrected chi connectivity index (χ0v) is 10.7. The molecule has 2 aromatic rings. The van der Waals surface area contributed by atoms with Crippen LogP contribution in [0.15, 0.2) is 48.5 Å². The summed E-state index contributed by atoms with van der Waals surface area (Å²) in [5.74, 6) is 0. The molecule has 0 radical (unpaired) electrons. The molecule has 0 heterocycles. The minimum absolute atomic E-state index is 0.443. The second-order valence-corrected chi connectivity index (χ2v) is 6.02. The van der Waals surface area contributed by atoms with Gasteiger partial charge in [-0.1, -0.05) is 0 Å². The van der Waals surface area contributed by atoms with Crippen molar-refractivity contribution in [1.82, 2.24) is 0 Å². The van der Waals surface area contributed by atoms with Crippen LogP contribution in [0.4, 0.5) is 0 Å². The third kappa shape index (κ3) is 2.71. The number of aryl methyl sites for hydroxylation is 2. The minimum atomic E-state index is 0.443. The first kappa shape index (κ1) is 10.5. The van der Waals surface area contributed by atoms with E-state index in [1.165, 1.54) is 20.1 Å². The molecule has 2 rings (SSSR count). The van der Waals surface area contributed by atoms with Gasteiger partial charge in [-0.25, -0.2) is 0 Å². The Bertz CT molecular complexity index is 446. The summed E-state index contributed by atoms with van der Waals surface area (Å²) in [5.41, 5.74) is 2.76. The van der Waals surface area contributed by atoms with Crippen molar-refractivity contribution < 1.29 is 0 Å². The van der Waals surface area contributed by atoms with Gasteiger partial charge in [-0.3, -0.25) is 0 Å². The maximum atomic E-state index is 2.26. The summed E-state index contributed by atoms with van der Waals surface area (Å²) in [6.45, 7) is 4.35. The van der Waals surface area contributed by atoms with Crippen LogP contribution in [0.5, 0.6) is 0 Å². The molecule has 0 aromatic heterocycles. The van der Waals surface area contributed by atoms with Gasteiger partial charge in [0.1, 0.15) is 0 Å². The topological polar surface area (TPSA) is 0 Å². The van der Waals surface area contributed by atoms with Crippen LogP contribution >= 0.6 is 0 Å². The van der Waals surface area contributed by atoms with Crippen molar-refractivity contribution in [2.45, 2.75) is 13.8 Å². The number of hydrogen-bond donors (Lipinski definition) is 0. The van der Waals surface area contributed by atoms with Gasteiger partial charge in [-0.15, -0.1) is 0 Å². The molecule has 0 aliphatic heterocycles. The van der Waals surface area contributed by atoms with Crippen molar-refractivity contribution in [1.29, 1.82) is 0 Å². The first-order chi connectivity index (χ1) is 7.25. The van der Waals surface area contributed by atoms with Gasteiger partial charge < -0.3 is 0 Å². The molecule has 0 nitrogen and oxygen atoms in total. The van der Waals surface area contributed by atoms with Gasteiger partial charge in [0.25, 0.3) is 0 Å². The van der Waals surface area contributed by atoms with E-state index in [1.54, 1.807) is 0 Å². The van der Waals surface area contributed by atoms with Crippen LogP contribution < -0.4 is 8.92 Å². The van der Waals surface area contributed by atoms with E-state index in [2.05, 4.69) is 62.4 Å². The first-order valence-electron chi connectivity index (χ1n) is 5.06. The summed E-state index contributed by atoms with van der Waals surface area (Å²) in [6, 6.07) is 17.4. The number of hydrogen-bond acceptors (Lipinski definition) is 0. The van der Waals surface area contributed by atoms with E-state index in [-0.39, 0.29) is 0 Å². The third-order valence-corrected chi connectivity index (χ3v) is 4.79. The Balaban J connectivity index is 2.25. The van der Waals surface area contributed by atoms with Crippen molar-refractivity contribution in [2.75, 3.05) is 0 Å². The molecule has 0 saturated heterocycles. The van der Waals surface area contributed by atoms with Crippen molar-refractivity contribution in [2.24, 2.45) is 0 Å².